The first kappa shape index (κ1) is 17.4. The SMILES string of the molecule is CCN(CC)CCCC(C)Nc1nc(C)cc(C(=O)O)n1. The monoisotopic (exact) mass is 294 g/mol. The van der Waals surface area contributed by atoms with Gasteiger partial charge in [-0.3, -0.25) is 0 Å². The third kappa shape index (κ3) is 6.08. The normalized spacial score (nSPS) is 12.4. The molecule has 1 heterocycles. The van der Waals surface area contributed by atoms with Crippen molar-refractivity contribution in [2.45, 2.75) is 46.6 Å². The highest BCUT2D eigenvalue weighted by Crippen LogP contribution is 2.09. The Bertz CT molecular complexity index is 461. The summed E-state index contributed by atoms with van der Waals surface area (Å²) < 4.78 is 0. The average molecular weight is 294 g/mol. The Labute approximate surface area is 126 Å². The molecule has 2 N–H and O–H groups in total. The molecule has 21 heavy (non-hydrogen) atoms. The van der Waals surface area contributed by atoms with Crippen molar-refractivity contribution >= 4 is 11.9 Å². The second-order valence-corrected chi connectivity index (χ2v) is 5.24. The van der Waals surface area contributed by atoms with Crippen molar-refractivity contribution < 1.29 is 9.90 Å². The molecule has 0 aromatic carbocycles. The van der Waals surface area contributed by atoms with E-state index >= 15 is 0 Å². The molecule has 6 heteroatoms. The highest BCUT2D eigenvalue weighted by molar-refractivity contribution is 5.85. The summed E-state index contributed by atoms with van der Waals surface area (Å²) in [4.78, 5) is 21.6. The van der Waals surface area contributed by atoms with E-state index in [0.717, 1.165) is 32.5 Å². The van der Waals surface area contributed by atoms with E-state index in [0.29, 0.717) is 11.6 Å². The van der Waals surface area contributed by atoms with E-state index in [2.05, 4.69) is 41.0 Å². The van der Waals surface area contributed by atoms with Crippen LogP contribution in [-0.4, -0.2) is 51.6 Å². The summed E-state index contributed by atoms with van der Waals surface area (Å²) in [7, 11) is 0. The molecule has 6 nitrogen and oxygen atoms in total. The number of carboxylic acids is 1. The average Bonchev–Trinajstić information content (AvgIpc) is 2.43. The number of aromatic nitrogens is 2. The molecule has 1 rings (SSSR count). The van der Waals surface area contributed by atoms with Gasteiger partial charge < -0.3 is 15.3 Å². The predicted molar refractivity (Wildman–Crippen MR) is 83.8 cm³/mol. The summed E-state index contributed by atoms with van der Waals surface area (Å²) in [5.41, 5.74) is 0.681. The van der Waals surface area contributed by atoms with Crippen LogP contribution in [0.4, 0.5) is 5.95 Å². The molecule has 118 valence electrons. The number of aromatic carboxylic acids is 1. The van der Waals surface area contributed by atoms with Crippen LogP contribution in [0.3, 0.4) is 0 Å². The molecule has 0 saturated heterocycles. The fraction of sp³-hybridized carbons (Fsp3) is 0.667. The van der Waals surface area contributed by atoms with E-state index in [-0.39, 0.29) is 11.7 Å². The standard InChI is InChI=1S/C15H26N4O2/c1-5-19(6-2)9-7-8-11(3)16-15-17-12(4)10-13(18-15)14(20)21/h10-11H,5-9H2,1-4H3,(H,20,21)(H,16,17,18). The fourth-order valence-electron chi connectivity index (χ4n) is 2.20. The molecule has 0 amide bonds. The van der Waals surface area contributed by atoms with Gasteiger partial charge in [0.15, 0.2) is 5.69 Å². The second-order valence-electron chi connectivity index (χ2n) is 5.24. The van der Waals surface area contributed by atoms with Crippen molar-refractivity contribution in [3.05, 3.63) is 17.5 Å². The van der Waals surface area contributed by atoms with Crippen LogP contribution >= 0.6 is 0 Å². The number of nitrogens with one attached hydrogen (secondary N) is 1. The zero-order valence-electron chi connectivity index (χ0n) is 13.4. The summed E-state index contributed by atoms with van der Waals surface area (Å²) in [5.74, 6) is -0.638. The Morgan fingerprint density at radius 3 is 2.62 bits per heavy atom. The number of hydrogen-bond acceptors (Lipinski definition) is 5. The molecule has 0 aliphatic carbocycles. The zero-order valence-corrected chi connectivity index (χ0v) is 13.4. The van der Waals surface area contributed by atoms with Gasteiger partial charge in [-0.2, -0.15) is 0 Å². The third-order valence-electron chi connectivity index (χ3n) is 3.45. The minimum absolute atomic E-state index is 0.0281. The lowest BCUT2D eigenvalue weighted by Gasteiger charge is -2.19. The molecule has 0 spiro atoms. The van der Waals surface area contributed by atoms with Gasteiger partial charge in [-0.1, -0.05) is 13.8 Å². The van der Waals surface area contributed by atoms with Crippen molar-refractivity contribution in [2.24, 2.45) is 0 Å². The largest absolute Gasteiger partial charge is 0.477 e. The molecule has 0 fully saturated rings. The lowest BCUT2D eigenvalue weighted by molar-refractivity contribution is 0.0690. The van der Waals surface area contributed by atoms with Gasteiger partial charge in [0, 0.05) is 11.7 Å². The zero-order chi connectivity index (χ0) is 15.8. The van der Waals surface area contributed by atoms with E-state index in [1.165, 1.54) is 6.07 Å². The molecule has 0 saturated carbocycles. The summed E-state index contributed by atoms with van der Waals surface area (Å²) in [6, 6.07) is 1.68. The predicted octanol–water partition coefficient (Wildman–Crippen LogP) is 2.41. The van der Waals surface area contributed by atoms with E-state index in [1.54, 1.807) is 6.92 Å². The Hall–Kier alpha value is -1.69. The number of hydrogen-bond donors (Lipinski definition) is 2. The third-order valence-corrected chi connectivity index (χ3v) is 3.45. The first-order valence-electron chi connectivity index (χ1n) is 7.54. The molecule has 1 aromatic rings. The summed E-state index contributed by atoms with van der Waals surface area (Å²) in [6.07, 6.45) is 2.09. The Balaban J connectivity index is 2.51. The Morgan fingerprint density at radius 2 is 2.05 bits per heavy atom. The molecule has 1 atom stereocenters. The smallest absolute Gasteiger partial charge is 0.354 e. The molecule has 0 radical (unpaired) electrons. The first-order chi connectivity index (χ1) is 9.96. The van der Waals surface area contributed by atoms with Gasteiger partial charge >= 0.3 is 5.97 Å². The van der Waals surface area contributed by atoms with Crippen LogP contribution < -0.4 is 5.32 Å². The van der Waals surface area contributed by atoms with Gasteiger partial charge in [0.25, 0.3) is 0 Å². The van der Waals surface area contributed by atoms with Crippen LogP contribution in [0.2, 0.25) is 0 Å². The van der Waals surface area contributed by atoms with E-state index in [9.17, 15) is 4.79 Å². The highest BCUT2D eigenvalue weighted by atomic mass is 16.4. The van der Waals surface area contributed by atoms with Crippen LogP contribution in [-0.2, 0) is 0 Å². The highest BCUT2D eigenvalue weighted by Gasteiger charge is 2.11. The number of carbonyl (C=O) groups is 1. The number of nitrogens with zero attached hydrogens (tertiary/aromatic N) is 3. The van der Waals surface area contributed by atoms with Crippen LogP contribution in [0.1, 0.15) is 49.8 Å². The summed E-state index contributed by atoms with van der Waals surface area (Å²) >= 11 is 0. The van der Waals surface area contributed by atoms with Crippen LogP contribution in [0.15, 0.2) is 6.07 Å². The number of rotatable bonds is 9. The molecule has 0 aliphatic rings. The van der Waals surface area contributed by atoms with Crippen molar-refractivity contribution in [3.63, 3.8) is 0 Å². The van der Waals surface area contributed by atoms with Gasteiger partial charge in [-0.15, -0.1) is 0 Å². The molecule has 0 aliphatic heterocycles. The fourth-order valence-corrected chi connectivity index (χ4v) is 2.20. The maximum absolute atomic E-state index is 11.0. The lowest BCUT2D eigenvalue weighted by atomic mass is 10.2. The van der Waals surface area contributed by atoms with Gasteiger partial charge in [0.2, 0.25) is 5.95 Å². The molecular formula is C15H26N4O2. The van der Waals surface area contributed by atoms with Crippen molar-refractivity contribution in [3.8, 4) is 0 Å². The number of carboxylic acid groups (broad SMARTS) is 1. The van der Waals surface area contributed by atoms with Crippen molar-refractivity contribution in [1.82, 2.24) is 14.9 Å². The topological polar surface area (TPSA) is 78.4 Å². The minimum atomic E-state index is -1.03. The maximum Gasteiger partial charge on any atom is 0.354 e. The van der Waals surface area contributed by atoms with Crippen molar-refractivity contribution in [1.29, 1.82) is 0 Å². The summed E-state index contributed by atoms with van der Waals surface area (Å²) in [6.45, 7) is 11.4. The van der Waals surface area contributed by atoms with Crippen LogP contribution in [0, 0.1) is 6.92 Å². The number of aryl methyl sites for hydroxylation is 1. The van der Waals surface area contributed by atoms with E-state index in [1.807, 2.05) is 0 Å². The quantitative estimate of drug-likeness (QED) is 0.728. The second kappa shape index (κ2) is 8.56. The van der Waals surface area contributed by atoms with Crippen LogP contribution in [0.25, 0.3) is 0 Å². The van der Waals surface area contributed by atoms with Gasteiger partial charge in [-0.25, -0.2) is 14.8 Å². The van der Waals surface area contributed by atoms with Crippen molar-refractivity contribution in [2.75, 3.05) is 25.0 Å². The first-order valence-corrected chi connectivity index (χ1v) is 7.54. The van der Waals surface area contributed by atoms with Gasteiger partial charge in [-0.05, 0) is 52.4 Å². The molecule has 1 aromatic heterocycles. The van der Waals surface area contributed by atoms with Gasteiger partial charge in [0.05, 0.1) is 0 Å². The molecular weight excluding hydrogens is 268 g/mol. The van der Waals surface area contributed by atoms with Gasteiger partial charge in [0.1, 0.15) is 0 Å². The minimum Gasteiger partial charge on any atom is -0.477 e. The maximum atomic E-state index is 11.0. The summed E-state index contributed by atoms with van der Waals surface area (Å²) in [5, 5.41) is 12.2. The molecule has 1 unspecified atom stereocenters. The molecule has 0 bridgehead atoms. The van der Waals surface area contributed by atoms with Crippen LogP contribution in [0.5, 0.6) is 0 Å². The van der Waals surface area contributed by atoms with E-state index in [4.69, 9.17) is 5.11 Å². The number of anilines is 1. The lowest BCUT2D eigenvalue weighted by Crippen LogP contribution is -2.26. The van der Waals surface area contributed by atoms with E-state index < -0.39 is 5.97 Å². The Morgan fingerprint density at radius 1 is 1.38 bits per heavy atom. The Kier molecular flexibility index (Phi) is 7.08.